The Morgan fingerprint density at radius 2 is 0.878 bits per heavy atom. The van der Waals surface area contributed by atoms with Crippen LogP contribution in [0.15, 0.2) is 134 Å². The molecular weight excluding hydrogens is 1620 g/mol. The third kappa shape index (κ3) is 26.2. The van der Waals surface area contributed by atoms with Crippen molar-refractivity contribution in [2.75, 3.05) is 117 Å². The Labute approximate surface area is 723 Å². The topological polar surface area (TPSA) is 490 Å². The van der Waals surface area contributed by atoms with Crippen LogP contribution in [0.3, 0.4) is 0 Å². The van der Waals surface area contributed by atoms with Crippen molar-refractivity contribution in [2.45, 2.75) is 95.4 Å². The number of benzene rings is 5. The number of aromatic carboxylic acids is 1. The first-order chi connectivity index (χ1) is 57.6. The molecule has 5 aromatic carbocycles. The summed E-state index contributed by atoms with van der Waals surface area (Å²) in [5.74, 6) is -5.97. The summed E-state index contributed by atoms with van der Waals surface area (Å²) in [7, 11) is 6.43. The Balaban J connectivity index is 0.000000249. The zero-order chi connectivity index (χ0) is 86.9. The van der Waals surface area contributed by atoms with Crippen LogP contribution in [0.5, 0.6) is 0 Å². The number of anilines is 4. The number of nitrogens with two attached hydrogens (primary N) is 4. The van der Waals surface area contributed by atoms with Gasteiger partial charge in [0.1, 0.15) is 75.5 Å². The third-order valence-electron chi connectivity index (χ3n) is 20.1. The molecule has 0 radical (unpaired) electrons. The van der Waals surface area contributed by atoms with Gasteiger partial charge in [0.25, 0.3) is 5.91 Å². The SMILES string of the molecule is C.CC(=O)OCl.COC(=O)N1CCCC(c2cnc(N)c(-c3ccc(C(=O)N[C@H](CO)c4ccccc4)c(F)c3)n2)C1.COC(=O)N1CCCC(c2cnc(N)c(-c3ccc(C(=O)O)c(F)c3)n2)C1.COC(=O)c1ccc(-c2cc(C3CCCNC3)cnc2N)cc1F.COC(=O)c1ccc(-c2nc(C3CCCN(C(=O)OC)C3)cnc2N)cc1F.[Li+].[OH-]. The summed E-state index contributed by atoms with van der Waals surface area (Å²) in [6.45, 7) is 6.01. The van der Waals surface area contributed by atoms with Gasteiger partial charge >= 0.3 is 61.0 Å². The number of hydrogen-bond acceptors (Lipinski definition) is 28. The summed E-state index contributed by atoms with van der Waals surface area (Å²) in [5, 5.41) is 24.7. The van der Waals surface area contributed by atoms with Crippen LogP contribution in [0.1, 0.15) is 165 Å². The van der Waals surface area contributed by atoms with E-state index in [1.807, 2.05) is 12.1 Å². The number of carboxylic acids is 1. The molecule has 4 amide bonds. The Hall–Kier alpha value is -12.7. The second-order valence-corrected chi connectivity index (χ2v) is 28.0. The van der Waals surface area contributed by atoms with E-state index < -0.39 is 76.8 Å². The minimum absolute atomic E-state index is 0. The summed E-state index contributed by atoms with van der Waals surface area (Å²) < 4.78 is 84.6. The van der Waals surface area contributed by atoms with E-state index in [9.17, 15) is 56.6 Å². The number of carbonyl (C=O) groups excluding carboxylic acids is 7. The molecular formula is C84H96ClF4LiN16O17. The number of halogens is 5. The number of aliphatic hydroxyl groups excluding tert-OH is 1. The quantitative estimate of drug-likeness (QED) is 0.0205. The molecule has 33 nitrogen and oxygen atoms in total. The standard InChI is InChI=1S/C26H28FN5O4.C19H21FN4O4.C18H19FN4O4.C18H20FN3O2.C2H3ClO2.CH4.Li.H2O/c1-36-26(35)32-11-5-8-18(14-32)21-13-29-24(28)23(30-21)17-9-10-19(20(27)12-17)25(34)31-22(15-33)16-6-3-2-4-7-16;1-27-18(25)13-6-5-11(8-14(13)20)16-17(21)22-9-15(23-16)12-4-3-7-24(10-12)19(26)28-2;1-27-18(26)23-6-2-3-11(9-23)14-8-21-16(20)15(22-14)10-4-5-12(17(24)25)13(19)7-10;1-24-18(23)14-5-4-11(8-16(14)19)15-7-13(10-22-17(15)20)12-3-2-6-21-9-12;1-2(4)5-3;;;/h2-4,6-7,9-10,12-13,18,22,33H,5,8,11,14-15H2,1H3,(H2,28,29)(H,31,34);5-6,8-9,12H,3-4,7,10H2,1-2H3,(H2,21,22);4-5,7-8,11H,2-3,6,9H2,1H3,(H2,20,21)(H,24,25);4-5,7-8,10,12,21H,2-3,6,9H2,1H3,(H2,20,22);1H3;1H4;;1H2/q;;;;;;+1;/p-1/t18?,22-;;;;;;;/m1......./s1. The van der Waals surface area contributed by atoms with Crippen molar-refractivity contribution in [3.05, 3.63) is 208 Å². The zero-order valence-corrected chi connectivity index (χ0v) is 68.6. The van der Waals surface area contributed by atoms with Crippen LogP contribution in [0.25, 0.3) is 44.9 Å². The first kappa shape index (κ1) is 99.2. The molecule has 4 fully saturated rings. The number of carbonyl (C=O) groups is 8. The maximum Gasteiger partial charge on any atom is 1.00 e. The van der Waals surface area contributed by atoms with Crippen molar-refractivity contribution in [3.63, 3.8) is 0 Å². The van der Waals surface area contributed by atoms with Crippen molar-refractivity contribution in [3.8, 4) is 44.9 Å². The molecule has 39 heteroatoms. The Bertz CT molecular complexity index is 5170. The van der Waals surface area contributed by atoms with Crippen LogP contribution in [-0.4, -0.2) is 208 Å². The van der Waals surface area contributed by atoms with Crippen LogP contribution in [0.4, 0.5) is 55.2 Å². The molecule has 123 heavy (non-hydrogen) atoms. The van der Waals surface area contributed by atoms with Gasteiger partial charge in [0.15, 0.2) is 0 Å². The first-order valence-electron chi connectivity index (χ1n) is 37.8. The molecule has 0 spiro atoms. The Morgan fingerprint density at radius 1 is 0.512 bits per heavy atom. The van der Waals surface area contributed by atoms with Gasteiger partial charge in [-0.3, -0.25) is 9.59 Å². The fourth-order valence-corrected chi connectivity index (χ4v) is 13.8. The molecule has 13 N–H and O–H groups in total. The first-order valence-corrected chi connectivity index (χ1v) is 38.1. The molecule has 650 valence electrons. The largest absolute Gasteiger partial charge is 1.00 e. The molecule has 4 aliphatic heterocycles. The van der Waals surface area contributed by atoms with Crippen LogP contribution in [-0.2, 0) is 32.8 Å². The molecule has 8 heterocycles. The number of methoxy groups -OCH3 is 5. The predicted octanol–water partition coefficient (Wildman–Crippen LogP) is 9.27. The molecule has 4 unspecified atom stereocenters. The monoisotopic (exact) mass is 1720 g/mol. The van der Waals surface area contributed by atoms with Gasteiger partial charge in [0.05, 0.1) is 106 Å². The van der Waals surface area contributed by atoms with Crippen molar-refractivity contribution in [2.24, 2.45) is 0 Å². The number of nitrogen functional groups attached to an aromatic ring is 4. The summed E-state index contributed by atoms with van der Waals surface area (Å²) >= 11 is 4.49. The smallest absolute Gasteiger partial charge is 0.870 e. The van der Waals surface area contributed by atoms with Crippen molar-refractivity contribution in [1.29, 1.82) is 0 Å². The molecule has 4 aromatic heterocycles. The van der Waals surface area contributed by atoms with E-state index in [1.54, 1.807) is 82.0 Å². The van der Waals surface area contributed by atoms with E-state index in [4.69, 9.17) is 42.3 Å². The Kier molecular flexibility index (Phi) is 38.3. The van der Waals surface area contributed by atoms with Gasteiger partial charge in [-0.15, -0.1) is 0 Å². The van der Waals surface area contributed by atoms with E-state index >= 15 is 4.39 Å². The number of ether oxygens (including phenoxy) is 5. The van der Waals surface area contributed by atoms with Gasteiger partial charge in [-0.2, -0.15) is 0 Å². The van der Waals surface area contributed by atoms with Crippen LogP contribution in [0.2, 0.25) is 0 Å². The molecule has 0 saturated carbocycles. The fourth-order valence-electron chi connectivity index (χ4n) is 13.8. The number of aliphatic hydroxyl groups is 1. The number of esters is 2. The average molecular weight is 1720 g/mol. The van der Waals surface area contributed by atoms with E-state index in [1.165, 1.54) is 91.0 Å². The number of amides is 4. The minimum atomic E-state index is -1.35. The predicted molar refractivity (Wildman–Crippen MR) is 442 cm³/mol. The van der Waals surface area contributed by atoms with Gasteiger partial charge in [-0.05, 0) is 135 Å². The minimum Gasteiger partial charge on any atom is -0.870 e. The molecule has 0 bridgehead atoms. The van der Waals surface area contributed by atoms with Gasteiger partial charge < -0.3 is 91.9 Å². The van der Waals surface area contributed by atoms with Gasteiger partial charge in [-0.1, -0.05) is 62.0 Å². The van der Waals surface area contributed by atoms with Crippen LogP contribution in [0, 0.1) is 23.3 Å². The van der Waals surface area contributed by atoms with Gasteiger partial charge in [-0.25, -0.2) is 81.2 Å². The Morgan fingerprint density at radius 3 is 1.23 bits per heavy atom. The molecule has 13 rings (SSSR count). The summed E-state index contributed by atoms with van der Waals surface area (Å²) in [6.07, 6.45) is 12.4. The third-order valence-corrected chi connectivity index (χ3v) is 20.3. The van der Waals surface area contributed by atoms with Crippen molar-refractivity contribution in [1.82, 2.24) is 60.2 Å². The summed E-state index contributed by atoms with van der Waals surface area (Å²) in [4.78, 5) is 127. The average Bonchev–Trinajstić information content (AvgIpc) is 0.817. The van der Waals surface area contributed by atoms with E-state index in [0.717, 1.165) is 76.1 Å². The fraction of sp³-hybridized carbons (Fsp3) is 0.345. The van der Waals surface area contributed by atoms with E-state index in [0.29, 0.717) is 113 Å². The summed E-state index contributed by atoms with van der Waals surface area (Å²) in [5.41, 5.74) is 30.0. The normalized spacial score (nSPS) is 15.9. The maximum atomic E-state index is 15.0. The molecule has 4 aliphatic rings. The molecule has 0 aliphatic carbocycles. The van der Waals surface area contributed by atoms with E-state index in [2.05, 4.69) is 71.2 Å². The number of likely N-dealkylation sites (tertiary alicyclic amines) is 3. The second kappa shape index (κ2) is 47.5. The molecule has 9 aromatic rings. The molecule has 4 saturated heterocycles. The van der Waals surface area contributed by atoms with Crippen LogP contribution >= 0.6 is 11.9 Å². The number of nitrogens with one attached hydrogen (secondary N) is 2. The van der Waals surface area contributed by atoms with Gasteiger partial charge in [0.2, 0.25) is 0 Å². The second-order valence-electron chi connectivity index (χ2n) is 27.9. The van der Waals surface area contributed by atoms with Crippen molar-refractivity contribution >= 4 is 83.2 Å². The number of carboxylic acid groups (broad SMARTS) is 1. The zero-order valence-electron chi connectivity index (χ0n) is 67.8. The van der Waals surface area contributed by atoms with E-state index in [-0.39, 0.29) is 102 Å². The number of aromatic nitrogens is 7. The number of nitrogens with zero attached hydrogens (tertiary/aromatic N) is 10. The maximum absolute atomic E-state index is 15.0. The number of hydrogen-bond donors (Lipinski definition) is 8. The van der Waals surface area contributed by atoms with Gasteiger partial charge in [0, 0.05) is 98.9 Å². The number of piperidine rings is 4. The number of rotatable bonds is 15. The van der Waals surface area contributed by atoms with Crippen molar-refractivity contribution < 1.29 is 118 Å². The summed E-state index contributed by atoms with van der Waals surface area (Å²) in [6, 6.07) is 26.4. The molecule has 5 atom stereocenters. The number of pyridine rings is 1. The van der Waals surface area contributed by atoms with Crippen LogP contribution < -0.4 is 52.4 Å².